The Morgan fingerprint density at radius 2 is 1.78 bits per heavy atom. The molecule has 23 heavy (non-hydrogen) atoms. The molecule has 1 aromatic rings. The van der Waals surface area contributed by atoms with Gasteiger partial charge in [0, 0.05) is 12.0 Å². The van der Waals surface area contributed by atoms with Gasteiger partial charge in [0.05, 0.1) is 5.92 Å². The fourth-order valence-corrected chi connectivity index (χ4v) is 3.42. The molecule has 126 valence electrons. The van der Waals surface area contributed by atoms with E-state index in [-0.39, 0.29) is 23.8 Å². The molecule has 1 amide bonds. The van der Waals surface area contributed by atoms with E-state index in [1.54, 1.807) is 0 Å². The number of aryl methyl sites for hydroxylation is 2. The highest BCUT2D eigenvalue weighted by atomic mass is 16.4. The summed E-state index contributed by atoms with van der Waals surface area (Å²) in [5.74, 6) is -0.961. The van der Waals surface area contributed by atoms with Gasteiger partial charge in [-0.15, -0.1) is 0 Å². The lowest BCUT2D eigenvalue weighted by atomic mass is 9.81. The van der Waals surface area contributed by atoms with Gasteiger partial charge >= 0.3 is 5.97 Å². The van der Waals surface area contributed by atoms with Crippen molar-refractivity contribution in [2.45, 2.75) is 58.9 Å². The SMILES string of the molecule is Cc1ccc(CC(C)NC(=O)C2CCC(C(=O)O)CC2)c(C)c1. The monoisotopic (exact) mass is 317 g/mol. The fourth-order valence-electron chi connectivity index (χ4n) is 3.42. The summed E-state index contributed by atoms with van der Waals surface area (Å²) in [7, 11) is 0. The van der Waals surface area contributed by atoms with E-state index in [4.69, 9.17) is 5.11 Å². The topological polar surface area (TPSA) is 66.4 Å². The summed E-state index contributed by atoms with van der Waals surface area (Å²) in [6.07, 6.45) is 3.40. The van der Waals surface area contributed by atoms with Gasteiger partial charge in [-0.05, 0) is 64.0 Å². The van der Waals surface area contributed by atoms with Gasteiger partial charge in [0.15, 0.2) is 0 Å². The second-order valence-electron chi connectivity index (χ2n) is 6.93. The van der Waals surface area contributed by atoms with Gasteiger partial charge in [0.2, 0.25) is 5.91 Å². The van der Waals surface area contributed by atoms with Gasteiger partial charge in [-0.3, -0.25) is 9.59 Å². The zero-order chi connectivity index (χ0) is 17.0. The summed E-state index contributed by atoms with van der Waals surface area (Å²) in [6.45, 7) is 6.21. The Morgan fingerprint density at radius 3 is 2.35 bits per heavy atom. The van der Waals surface area contributed by atoms with E-state index < -0.39 is 5.97 Å². The molecule has 0 aliphatic heterocycles. The Balaban J connectivity index is 1.84. The molecule has 2 rings (SSSR count). The Hall–Kier alpha value is -1.84. The fraction of sp³-hybridized carbons (Fsp3) is 0.579. The van der Waals surface area contributed by atoms with E-state index in [9.17, 15) is 9.59 Å². The van der Waals surface area contributed by atoms with Crippen molar-refractivity contribution in [3.05, 3.63) is 34.9 Å². The summed E-state index contributed by atoms with van der Waals surface area (Å²) >= 11 is 0. The van der Waals surface area contributed by atoms with Gasteiger partial charge in [-0.25, -0.2) is 0 Å². The number of carboxylic acid groups (broad SMARTS) is 1. The van der Waals surface area contributed by atoms with Crippen molar-refractivity contribution in [3.63, 3.8) is 0 Å². The molecule has 0 bridgehead atoms. The molecule has 2 N–H and O–H groups in total. The smallest absolute Gasteiger partial charge is 0.306 e. The van der Waals surface area contributed by atoms with Crippen LogP contribution in [0.15, 0.2) is 18.2 Å². The molecule has 0 saturated heterocycles. The molecule has 4 heteroatoms. The molecule has 4 nitrogen and oxygen atoms in total. The van der Waals surface area contributed by atoms with Crippen LogP contribution in [0, 0.1) is 25.7 Å². The van der Waals surface area contributed by atoms with E-state index in [2.05, 4.69) is 37.4 Å². The maximum Gasteiger partial charge on any atom is 0.306 e. The molecule has 1 aromatic carbocycles. The molecule has 1 fully saturated rings. The molecule has 1 aliphatic rings. The van der Waals surface area contributed by atoms with Crippen LogP contribution in [0.3, 0.4) is 0 Å². The molecular formula is C19H27NO3. The molecule has 0 heterocycles. The van der Waals surface area contributed by atoms with E-state index in [1.807, 2.05) is 6.92 Å². The second kappa shape index (κ2) is 7.62. The number of benzene rings is 1. The first-order valence-electron chi connectivity index (χ1n) is 8.46. The zero-order valence-corrected chi connectivity index (χ0v) is 14.3. The maximum atomic E-state index is 12.4. The summed E-state index contributed by atoms with van der Waals surface area (Å²) in [5, 5.41) is 12.1. The van der Waals surface area contributed by atoms with Crippen molar-refractivity contribution in [3.8, 4) is 0 Å². The third-order valence-electron chi connectivity index (χ3n) is 4.86. The van der Waals surface area contributed by atoms with Crippen LogP contribution < -0.4 is 5.32 Å². The summed E-state index contributed by atoms with van der Waals surface area (Å²) in [4.78, 5) is 23.3. The third-order valence-corrected chi connectivity index (χ3v) is 4.86. The lowest BCUT2D eigenvalue weighted by Crippen LogP contribution is -2.40. The standard InChI is InChI=1S/C19H27NO3/c1-12-4-5-17(13(2)10-12)11-14(3)20-18(21)15-6-8-16(9-7-15)19(22)23/h4-5,10,14-16H,6-9,11H2,1-3H3,(H,20,21)(H,22,23). The van der Waals surface area contributed by atoms with Gasteiger partial charge < -0.3 is 10.4 Å². The van der Waals surface area contributed by atoms with Gasteiger partial charge in [-0.1, -0.05) is 23.8 Å². The van der Waals surface area contributed by atoms with Crippen molar-refractivity contribution in [1.82, 2.24) is 5.32 Å². The lowest BCUT2D eigenvalue weighted by molar-refractivity contribution is -0.144. The predicted molar refractivity (Wildman–Crippen MR) is 90.3 cm³/mol. The van der Waals surface area contributed by atoms with E-state index in [0.717, 1.165) is 6.42 Å². The Kier molecular flexibility index (Phi) is 5.80. The molecule has 1 saturated carbocycles. The van der Waals surface area contributed by atoms with Gasteiger partial charge in [0.1, 0.15) is 0 Å². The largest absolute Gasteiger partial charge is 0.481 e. The number of carboxylic acids is 1. The number of carbonyl (C=O) groups is 2. The minimum absolute atomic E-state index is 0.0350. The first-order valence-corrected chi connectivity index (χ1v) is 8.46. The Labute approximate surface area is 138 Å². The van der Waals surface area contributed by atoms with Crippen LogP contribution in [0.1, 0.15) is 49.3 Å². The zero-order valence-electron chi connectivity index (χ0n) is 14.3. The van der Waals surface area contributed by atoms with Crippen LogP contribution in [0.25, 0.3) is 0 Å². The molecule has 0 radical (unpaired) electrons. The van der Waals surface area contributed by atoms with E-state index in [1.165, 1.54) is 16.7 Å². The quantitative estimate of drug-likeness (QED) is 0.876. The summed E-state index contributed by atoms with van der Waals surface area (Å²) in [6, 6.07) is 6.48. The number of aliphatic carboxylic acids is 1. The average molecular weight is 317 g/mol. The number of hydrogen-bond acceptors (Lipinski definition) is 2. The Bertz CT molecular complexity index is 574. The van der Waals surface area contributed by atoms with E-state index >= 15 is 0 Å². The highest BCUT2D eigenvalue weighted by Gasteiger charge is 2.30. The minimum atomic E-state index is -0.730. The number of hydrogen-bond donors (Lipinski definition) is 2. The molecule has 1 atom stereocenters. The van der Waals surface area contributed by atoms with Crippen molar-refractivity contribution < 1.29 is 14.7 Å². The van der Waals surface area contributed by atoms with Crippen molar-refractivity contribution >= 4 is 11.9 Å². The highest BCUT2D eigenvalue weighted by Crippen LogP contribution is 2.29. The third kappa shape index (κ3) is 4.81. The normalized spacial score (nSPS) is 22.4. The summed E-state index contributed by atoms with van der Waals surface area (Å²) < 4.78 is 0. The van der Waals surface area contributed by atoms with Crippen molar-refractivity contribution in [2.75, 3.05) is 0 Å². The molecule has 0 spiro atoms. The maximum absolute atomic E-state index is 12.4. The van der Waals surface area contributed by atoms with Crippen LogP contribution in [0.2, 0.25) is 0 Å². The highest BCUT2D eigenvalue weighted by molar-refractivity contribution is 5.79. The first-order chi connectivity index (χ1) is 10.9. The molecule has 1 unspecified atom stereocenters. The number of carbonyl (C=O) groups excluding carboxylic acids is 1. The minimum Gasteiger partial charge on any atom is -0.481 e. The first kappa shape index (κ1) is 17.5. The van der Waals surface area contributed by atoms with E-state index in [0.29, 0.717) is 25.7 Å². The number of amides is 1. The summed E-state index contributed by atoms with van der Waals surface area (Å²) in [5.41, 5.74) is 3.77. The lowest BCUT2D eigenvalue weighted by Gasteiger charge is -2.26. The molecule has 0 aromatic heterocycles. The predicted octanol–water partition coefficient (Wildman–Crippen LogP) is 3.24. The van der Waals surface area contributed by atoms with Crippen LogP contribution in [-0.4, -0.2) is 23.0 Å². The average Bonchev–Trinajstić information content (AvgIpc) is 2.50. The second-order valence-corrected chi connectivity index (χ2v) is 6.93. The van der Waals surface area contributed by atoms with Crippen molar-refractivity contribution in [2.24, 2.45) is 11.8 Å². The molecule has 1 aliphatic carbocycles. The van der Waals surface area contributed by atoms with Crippen LogP contribution in [-0.2, 0) is 16.0 Å². The number of rotatable bonds is 5. The van der Waals surface area contributed by atoms with Gasteiger partial charge in [-0.2, -0.15) is 0 Å². The van der Waals surface area contributed by atoms with Crippen LogP contribution in [0.4, 0.5) is 0 Å². The van der Waals surface area contributed by atoms with Crippen LogP contribution >= 0.6 is 0 Å². The Morgan fingerprint density at radius 1 is 1.17 bits per heavy atom. The van der Waals surface area contributed by atoms with Gasteiger partial charge in [0.25, 0.3) is 0 Å². The van der Waals surface area contributed by atoms with Crippen LogP contribution in [0.5, 0.6) is 0 Å². The molecular weight excluding hydrogens is 290 g/mol. The van der Waals surface area contributed by atoms with Crippen molar-refractivity contribution in [1.29, 1.82) is 0 Å². The number of nitrogens with one attached hydrogen (secondary N) is 1.